The number of hydrogen-bond acceptors (Lipinski definition) is 6. The molecule has 142 valence electrons. The Morgan fingerprint density at radius 1 is 1.00 bits per heavy atom. The molecule has 27 heavy (non-hydrogen) atoms. The molecule has 2 fully saturated rings. The molecule has 2 heterocycles. The fraction of sp³-hybridized carbons (Fsp3) is 0.381. The van der Waals surface area contributed by atoms with Gasteiger partial charge in [-0.1, -0.05) is 60.7 Å². The molecule has 1 unspecified atom stereocenters. The molecule has 0 spiro atoms. The molecule has 0 bridgehead atoms. The van der Waals surface area contributed by atoms with E-state index in [0.29, 0.717) is 0 Å². The van der Waals surface area contributed by atoms with Crippen molar-refractivity contribution >= 4 is 5.78 Å². The molecule has 4 rings (SSSR count). The van der Waals surface area contributed by atoms with Gasteiger partial charge in [-0.2, -0.15) is 0 Å². The highest BCUT2D eigenvalue weighted by Gasteiger charge is 2.50. The molecule has 6 heteroatoms. The maximum Gasteiger partial charge on any atom is 0.198 e. The Bertz CT molecular complexity index is 742. The lowest BCUT2D eigenvalue weighted by atomic mass is 9.99. The number of carbonyl (C=O) groups is 1. The summed E-state index contributed by atoms with van der Waals surface area (Å²) in [5, 5.41) is 0. The summed E-state index contributed by atoms with van der Waals surface area (Å²) >= 11 is 0. The minimum atomic E-state index is -0.856. The fourth-order valence-corrected chi connectivity index (χ4v) is 3.32. The highest BCUT2D eigenvalue weighted by Crippen LogP contribution is 2.33. The Morgan fingerprint density at radius 2 is 1.70 bits per heavy atom. The molecule has 0 radical (unpaired) electrons. The van der Waals surface area contributed by atoms with Gasteiger partial charge in [0.2, 0.25) is 0 Å². The summed E-state index contributed by atoms with van der Waals surface area (Å²) in [6, 6.07) is 19.2. The van der Waals surface area contributed by atoms with Crippen molar-refractivity contribution in [3.05, 3.63) is 71.8 Å². The van der Waals surface area contributed by atoms with Crippen LogP contribution in [0.2, 0.25) is 0 Å². The molecule has 0 N–H and O–H groups in total. The average Bonchev–Trinajstić information content (AvgIpc) is 2.74. The highest BCUT2D eigenvalue weighted by molar-refractivity contribution is 5.89. The minimum absolute atomic E-state index is 0.182. The van der Waals surface area contributed by atoms with E-state index in [1.54, 1.807) is 0 Å². The van der Waals surface area contributed by atoms with Crippen LogP contribution in [0.25, 0.3) is 0 Å². The quantitative estimate of drug-likeness (QED) is 0.806. The van der Waals surface area contributed by atoms with Crippen LogP contribution >= 0.6 is 0 Å². The molecule has 2 aliphatic rings. The third kappa shape index (κ3) is 3.95. The van der Waals surface area contributed by atoms with Gasteiger partial charge in [-0.3, -0.25) is 4.79 Å². The van der Waals surface area contributed by atoms with Gasteiger partial charge < -0.3 is 23.7 Å². The zero-order chi connectivity index (χ0) is 18.6. The Labute approximate surface area is 157 Å². The SMILES string of the molecule is CO[C@H]1O[C@@H]2COC(c3ccccc3)O[C@H]2C(=O)[C@H]1OCc1ccccc1. The van der Waals surface area contributed by atoms with E-state index in [4.69, 9.17) is 23.7 Å². The monoisotopic (exact) mass is 370 g/mol. The van der Waals surface area contributed by atoms with Crippen LogP contribution in [0.4, 0.5) is 0 Å². The lowest BCUT2D eigenvalue weighted by Gasteiger charge is -2.43. The van der Waals surface area contributed by atoms with Gasteiger partial charge in [-0.25, -0.2) is 0 Å². The third-order valence-electron chi connectivity index (χ3n) is 4.71. The van der Waals surface area contributed by atoms with Crippen LogP contribution in [-0.4, -0.2) is 44.1 Å². The number of hydrogen-bond donors (Lipinski definition) is 0. The van der Waals surface area contributed by atoms with Gasteiger partial charge in [-0.15, -0.1) is 0 Å². The summed E-state index contributed by atoms with van der Waals surface area (Å²) in [7, 11) is 1.49. The number of benzene rings is 2. The Hall–Kier alpha value is -2.09. The summed E-state index contributed by atoms with van der Waals surface area (Å²) in [6.07, 6.45) is -3.52. The van der Waals surface area contributed by atoms with Gasteiger partial charge in [-0.05, 0) is 5.56 Å². The van der Waals surface area contributed by atoms with E-state index in [0.717, 1.165) is 11.1 Å². The number of carbonyl (C=O) groups excluding carboxylic acids is 1. The Kier molecular flexibility index (Phi) is 5.61. The smallest absolute Gasteiger partial charge is 0.198 e. The van der Waals surface area contributed by atoms with Gasteiger partial charge >= 0.3 is 0 Å². The zero-order valence-corrected chi connectivity index (χ0v) is 15.0. The van der Waals surface area contributed by atoms with Crippen molar-refractivity contribution in [3.8, 4) is 0 Å². The average molecular weight is 370 g/mol. The summed E-state index contributed by atoms with van der Waals surface area (Å²) < 4.78 is 28.8. The molecule has 2 aromatic carbocycles. The maximum absolute atomic E-state index is 13.1. The van der Waals surface area contributed by atoms with Crippen LogP contribution in [0.3, 0.4) is 0 Å². The first-order chi connectivity index (χ1) is 13.3. The van der Waals surface area contributed by atoms with Gasteiger partial charge in [0.15, 0.2) is 30.6 Å². The molecule has 5 atom stereocenters. The third-order valence-corrected chi connectivity index (χ3v) is 4.71. The van der Waals surface area contributed by atoms with Gasteiger partial charge in [0.05, 0.1) is 13.2 Å². The second-order valence-corrected chi connectivity index (χ2v) is 6.53. The summed E-state index contributed by atoms with van der Waals surface area (Å²) in [4.78, 5) is 13.1. The predicted octanol–water partition coefficient (Wildman–Crippen LogP) is 2.63. The number of fused-ring (bicyclic) bond motifs is 1. The van der Waals surface area contributed by atoms with Crippen molar-refractivity contribution in [2.24, 2.45) is 0 Å². The zero-order valence-electron chi connectivity index (χ0n) is 15.0. The molecule has 6 nitrogen and oxygen atoms in total. The van der Waals surface area contributed by atoms with Crippen LogP contribution in [0.1, 0.15) is 17.4 Å². The molecular formula is C21H22O6. The molecular weight excluding hydrogens is 348 g/mol. The predicted molar refractivity (Wildman–Crippen MR) is 95.7 cm³/mol. The molecule has 0 amide bonds. The second-order valence-electron chi connectivity index (χ2n) is 6.53. The maximum atomic E-state index is 13.1. The van der Waals surface area contributed by atoms with Gasteiger partial charge in [0, 0.05) is 12.7 Å². The van der Waals surface area contributed by atoms with Crippen LogP contribution in [0, 0.1) is 0 Å². The first-order valence-corrected chi connectivity index (χ1v) is 8.96. The highest BCUT2D eigenvalue weighted by atomic mass is 16.8. The standard InChI is InChI=1S/C21H22O6/c1-23-21-19(24-12-14-8-4-2-5-9-14)17(22)18-16(26-21)13-25-20(27-18)15-10-6-3-7-11-15/h2-11,16,18-21H,12-13H2,1H3/t16-,18-,19-,20?,21+/m1/s1. The fourth-order valence-electron chi connectivity index (χ4n) is 3.32. The lowest BCUT2D eigenvalue weighted by molar-refractivity contribution is -0.318. The van der Waals surface area contributed by atoms with Crippen LogP contribution in [0.5, 0.6) is 0 Å². The van der Waals surface area contributed by atoms with Crippen LogP contribution in [0.15, 0.2) is 60.7 Å². The van der Waals surface area contributed by atoms with Gasteiger partial charge in [0.25, 0.3) is 0 Å². The van der Waals surface area contributed by atoms with E-state index < -0.39 is 30.9 Å². The number of ketones is 1. The molecule has 0 aromatic heterocycles. The number of rotatable bonds is 5. The molecule has 2 aromatic rings. The van der Waals surface area contributed by atoms with Crippen LogP contribution in [-0.2, 0) is 35.1 Å². The van der Waals surface area contributed by atoms with Crippen molar-refractivity contribution in [1.29, 1.82) is 0 Å². The van der Waals surface area contributed by atoms with E-state index in [1.165, 1.54) is 7.11 Å². The van der Waals surface area contributed by atoms with E-state index >= 15 is 0 Å². The number of ether oxygens (including phenoxy) is 5. The summed E-state index contributed by atoms with van der Waals surface area (Å²) in [6.45, 7) is 0.539. The largest absolute Gasteiger partial charge is 0.360 e. The number of methoxy groups -OCH3 is 1. The summed E-state index contributed by atoms with van der Waals surface area (Å²) in [5.74, 6) is -0.182. The number of Topliss-reactive ketones (excluding diaryl/α,β-unsaturated/α-hetero) is 1. The van der Waals surface area contributed by atoms with E-state index in [1.807, 2.05) is 60.7 Å². The minimum Gasteiger partial charge on any atom is -0.360 e. The second kappa shape index (κ2) is 8.29. The van der Waals surface area contributed by atoms with Gasteiger partial charge in [0.1, 0.15) is 6.10 Å². The summed E-state index contributed by atoms with van der Waals surface area (Å²) in [5.41, 5.74) is 1.83. The molecule has 2 aliphatic heterocycles. The van der Waals surface area contributed by atoms with Crippen molar-refractivity contribution < 1.29 is 28.5 Å². The first-order valence-electron chi connectivity index (χ1n) is 8.96. The van der Waals surface area contributed by atoms with Crippen molar-refractivity contribution in [2.75, 3.05) is 13.7 Å². The molecule has 0 aliphatic carbocycles. The lowest BCUT2D eigenvalue weighted by Crippen LogP contribution is -2.60. The normalized spacial score (nSPS) is 30.7. The van der Waals surface area contributed by atoms with Crippen molar-refractivity contribution in [3.63, 3.8) is 0 Å². The molecule has 2 saturated heterocycles. The van der Waals surface area contributed by atoms with E-state index in [2.05, 4.69) is 0 Å². The Balaban J connectivity index is 1.47. The van der Waals surface area contributed by atoms with Crippen molar-refractivity contribution in [2.45, 2.75) is 37.5 Å². The van der Waals surface area contributed by atoms with Crippen LogP contribution < -0.4 is 0 Å². The van der Waals surface area contributed by atoms with Crippen molar-refractivity contribution in [1.82, 2.24) is 0 Å². The van der Waals surface area contributed by atoms with E-state index in [-0.39, 0.29) is 19.0 Å². The van der Waals surface area contributed by atoms with E-state index in [9.17, 15) is 4.79 Å². The topological polar surface area (TPSA) is 63.2 Å². The Morgan fingerprint density at radius 3 is 2.41 bits per heavy atom. The molecule has 0 saturated carbocycles. The first kappa shape index (κ1) is 18.3.